The molecule has 4 unspecified atom stereocenters. The first-order valence-corrected chi connectivity index (χ1v) is 17.1. The monoisotopic (exact) mass is 630 g/mol. The van der Waals surface area contributed by atoms with Crippen LogP contribution in [0.1, 0.15) is 36.8 Å². The summed E-state index contributed by atoms with van der Waals surface area (Å²) >= 11 is 0. The number of anilines is 3. The maximum absolute atomic E-state index is 9.98. The zero-order valence-electron chi connectivity index (χ0n) is 27.3. The molecule has 0 N–H and O–H groups in total. The predicted molar refractivity (Wildman–Crippen MR) is 198 cm³/mol. The summed E-state index contributed by atoms with van der Waals surface area (Å²) < 4.78 is 0. The van der Waals surface area contributed by atoms with Gasteiger partial charge < -0.3 is 9.80 Å². The smallest absolute Gasteiger partial charge is 0.0992 e. The number of nitriles is 2. The van der Waals surface area contributed by atoms with Gasteiger partial charge in [-0.2, -0.15) is 10.5 Å². The lowest BCUT2D eigenvalue weighted by atomic mass is 9.74. The lowest BCUT2D eigenvalue weighted by molar-refractivity contribution is 0.484. The van der Waals surface area contributed by atoms with Crippen molar-refractivity contribution >= 4 is 17.1 Å². The fourth-order valence-corrected chi connectivity index (χ4v) is 8.63. The largest absolute Gasteiger partial charge is 0.336 e. The highest BCUT2D eigenvalue weighted by Crippen LogP contribution is 2.54. The van der Waals surface area contributed by atoms with Crippen LogP contribution in [0.4, 0.5) is 17.1 Å². The van der Waals surface area contributed by atoms with Crippen molar-refractivity contribution in [3.63, 3.8) is 0 Å². The molecule has 0 aromatic heterocycles. The molecule has 0 saturated carbocycles. The van der Waals surface area contributed by atoms with Crippen molar-refractivity contribution in [3.8, 4) is 34.4 Å². The maximum atomic E-state index is 9.98. The summed E-state index contributed by atoms with van der Waals surface area (Å²) in [7, 11) is 0. The molecular weight excluding hydrogens is 597 g/mol. The molecule has 0 radical (unpaired) electrons. The lowest BCUT2D eigenvalue weighted by Crippen LogP contribution is -2.39. The predicted octanol–water partition coefficient (Wildman–Crippen LogP) is 10.4. The van der Waals surface area contributed by atoms with E-state index in [4.69, 9.17) is 0 Å². The van der Waals surface area contributed by atoms with Gasteiger partial charge in [0.25, 0.3) is 0 Å². The standard InChI is InChI=1S/C45H34N4/c1-45-24-7-6-15-44(45)49(42-14-5-3-12-39(42)45)43-26-31(29-47)16-22-36(43)34-10-8-9-33(27-34)32-18-20-35(21-19-32)48-40-13-4-2-11-37(40)38-25-30(28-46)17-23-41(38)48/h2-4,6-13,15-27,38,41,44H,5,14H2,1H3. The molecule has 0 saturated heterocycles. The quantitative estimate of drug-likeness (QED) is 0.225. The van der Waals surface area contributed by atoms with Crippen molar-refractivity contribution in [2.45, 2.75) is 37.8 Å². The second kappa shape index (κ2) is 11.3. The first-order valence-electron chi connectivity index (χ1n) is 17.1. The topological polar surface area (TPSA) is 54.1 Å². The average molecular weight is 631 g/mol. The molecule has 0 spiro atoms. The Balaban J connectivity index is 1.09. The van der Waals surface area contributed by atoms with Crippen LogP contribution in [0.5, 0.6) is 0 Å². The van der Waals surface area contributed by atoms with Crippen molar-refractivity contribution in [2.75, 3.05) is 9.80 Å². The fourth-order valence-electron chi connectivity index (χ4n) is 8.63. The molecule has 9 rings (SSSR count). The van der Waals surface area contributed by atoms with Gasteiger partial charge in [0, 0.05) is 39.5 Å². The summed E-state index contributed by atoms with van der Waals surface area (Å²) in [4.78, 5) is 4.90. The van der Waals surface area contributed by atoms with E-state index >= 15 is 0 Å². The molecule has 0 amide bonds. The van der Waals surface area contributed by atoms with Gasteiger partial charge in [-0.05, 0) is 90.1 Å². The van der Waals surface area contributed by atoms with Crippen molar-refractivity contribution in [1.29, 1.82) is 10.5 Å². The Morgan fingerprint density at radius 2 is 1.61 bits per heavy atom. The van der Waals surface area contributed by atoms with Crippen molar-refractivity contribution in [3.05, 3.63) is 174 Å². The van der Waals surface area contributed by atoms with Crippen LogP contribution in [0.3, 0.4) is 0 Å². The van der Waals surface area contributed by atoms with E-state index in [1.165, 1.54) is 22.5 Å². The normalized spacial score (nSPS) is 24.1. The molecule has 4 heteroatoms. The van der Waals surface area contributed by atoms with E-state index in [1.807, 2.05) is 12.1 Å². The van der Waals surface area contributed by atoms with Gasteiger partial charge in [-0.3, -0.25) is 0 Å². The molecule has 2 heterocycles. The van der Waals surface area contributed by atoms with Crippen LogP contribution in [0, 0.1) is 28.1 Å². The Bertz CT molecular complexity index is 2300. The van der Waals surface area contributed by atoms with Gasteiger partial charge in [0.05, 0.1) is 35.5 Å². The number of hydrogen-bond donors (Lipinski definition) is 0. The molecule has 4 atom stereocenters. The minimum absolute atomic E-state index is 0.123. The van der Waals surface area contributed by atoms with E-state index < -0.39 is 0 Å². The van der Waals surface area contributed by atoms with Crippen molar-refractivity contribution < 1.29 is 0 Å². The lowest BCUT2D eigenvalue weighted by Gasteiger charge is -2.37. The number of fused-ring (bicyclic) bond motifs is 5. The Morgan fingerprint density at radius 3 is 2.47 bits per heavy atom. The number of hydrogen-bond acceptors (Lipinski definition) is 4. The molecule has 2 aliphatic heterocycles. The Morgan fingerprint density at radius 1 is 0.755 bits per heavy atom. The number of allylic oxidation sites excluding steroid dienone is 7. The molecular formula is C45H34N4. The number of nitrogens with zero attached hydrogens (tertiary/aromatic N) is 4. The summed E-state index contributed by atoms with van der Waals surface area (Å²) in [6.07, 6.45) is 21.8. The number of rotatable bonds is 4. The zero-order valence-corrected chi connectivity index (χ0v) is 27.3. The summed E-state index contributed by atoms with van der Waals surface area (Å²) in [5.41, 5.74) is 13.2. The van der Waals surface area contributed by atoms with Crippen LogP contribution in [0.15, 0.2) is 163 Å². The SMILES string of the molecule is CC12C=CC=CC1N(c1cc(C#N)ccc1-c1cccc(-c3ccc(N4c5ccccc5C5C=C(C#N)C=CC54)cc3)c1)C1=C2C=CCC1. The van der Waals surface area contributed by atoms with Crippen LogP contribution in [-0.2, 0) is 0 Å². The van der Waals surface area contributed by atoms with Crippen LogP contribution < -0.4 is 9.80 Å². The minimum Gasteiger partial charge on any atom is -0.336 e. The maximum Gasteiger partial charge on any atom is 0.0992 e. The van der Waals surface area contributed by atoms with Crippen LogP contribution in [0.2, 0.25) is 0 Å². The third-order valence-electron chi connectivity index (χ3n) is 11.0. The number of para-hydroxylation sites is 1. The van der Waals surface area contributed by atoms with Crippen LogP contribution >= 0.6 is 0 Å². The van der Waals surface area contributed by atoms with Gasteiger partial charge in [0.15, 0.2) is 0 Å². The summed E-state index contributed by atoms with van der Waals surface area (Å²) in [5.74, 6) is 0.152. The van der Waals surface area contributed by atoms with Gasteiger partial charge >= 0.3 is 0 Å². The van der Waals surface area contributed by atoms with E-state index in [2.05, 4.69) is 162 Å². The Kier molecular flexibility index (Phi) is 6.68. The van der Waals surface area contributed by atoms with Gasteiger partial charge in [0.1, 0.15) is 0 Å². The molecule has 4 aromatic rings. The molecule has 0 fully saturated rings. The number of benzene rings is 4. The van der Waals surface area contributed by atoms with Gasteiger partial charge in [-0.1, -0.05) is 103 Å². The Labute approximate surface area is 287 Å². The highest BCUT2D eigenvalue weighted by Gasteiger charge is 2.48. The molecule has 5 aliphatic rings. The summed E-state index contributed by atoms with van der Waals surface area (Å²) in [6, 6.07) is 37.3. The van der Waals surface area contributed by atoms with E-state index in [0.29, 0.717) is 5.56 Å². The second-order valence-corrected chi connectivity index (χ2v) is 13.7. The molecule has 4 nitrogen and oxygen atoms in total. The van der Waals surface area contributed by atoms with Crippen LogP contribution in [0.25, 0.3) is 22.3 Å². The third-order valence-corrected chi connectivity index (χ3v) is 11.0. The second-order valence-electron chi connectivity index (χ2n) is 13.7. The first kappa shape index (κ1) is 29.1. The highest BCUT2D eigenvalue weighted by atomic mass is 15.2. The van der Waals surface area contributed by atoms with Gasteiger partial charge in [0.2, 0.25) is 0 Å². The van der Waals surface area contributed by atoms with E-state index in [-0.39, 0.29) is 23.4 Å². The van der Waals surface area contributed by atoms with E-state index in [1.54, 1.807) is 0 Å². The zero-order chi connectivity index (χ0) is 33.1. The summed E-state index contributed by atoms with van der Waals surface area (Å²) in [5, 5.41) is 19.5. The first-order chi connectivity index (χ1) is 24.1. The minimum atomic E-state index is -0.123. The van der Waals surface area contributed by atoms with Crippen molar-refractivity contribution in [2.24, 2.45) is 5.41 Å². The van der Waals surface area contributed by atoms with E-state index in [9.17, 15) is 10.5 Å². The van der Waals surface area contributed by atoms with E-state index in [0.717, 1.165) is 52.0 Å². The van der Waals surface area contributed by atoms with Gasteiger partial charge in [-0.15, -0.1) is 0 Å². The molecule has 4 aromatic carbocycles. The molecule has 3 aliphatic carbocycles. The molecule has 0 bridgehead atoms. The Hall–Kier alpha value is -6.10. The molecule has 49 heavy (non-hydrogen) atoms. The average Bonchev–Trinajstić information content (AvgIpc) is 3.63. The summed E-state index contributed by atoms with van der Waals surface area (Å²) in [6.45, 7) is 2.34. The van der Waals surface area contributed by atoms with Crippen LogP contribution in [-0.4, -0.2) is 12.1 Å². The highest BCUT2D eigenvalue weighted by molar-refractivity contribution is 5.86. The molecule has 234 valence electrons. The van der Waals surface area contributed by atoms with Gasteiger partial charge in [-0.25, -0.2) is 0 Å². The van der Waals surface area contributed by atoms with Crippen molar-refractivity contribution in [1.82, 2.24) is 0 Å². The fraction of sp³-hybridized carbons (Fsp3) is 0.156. The third kappa shape index (κ3) is 4.49.